The van der Waals surface area contributed by atoms with E-state index in [4.69, 9.17) is 5.11 Å². The molecule has 0 atom stereocenters. The lowest BCUT2D eigenvalue weighted by molar-refractivity contribution is -0.140. The normalized spacial score (nSPS) is 11.5. The zero-order valence-electron chi connectivity index (χ0n) is 9.26. The predicted molar refractivity (Wildman–Crippen MR) is 48.0 cm³/mol. The van der Waals surface area contributed by atoms with Gasteiger partial charge in [0.2, 0.25) is 0 Å². The summed E-state index contributed by atoms with van der Waals surface area (Å²) >= 11 is 0. The van der Waals surface area contributed by atoms with Crippen LogP contribution in [-0.2, 0) is 11.0 Å². The summed E-state index contributed by atoms with van der Waals surface area (Å²) in [6.45, 7) is 0. The quantitative estimate of drug-likeness (QED) is 0.387. The SMILES string of the molecule is O=C(O)C(=C(F)F)c1c(F)c(F)c(F)c(F)c1C(F)(F)F. The fourth-order valence-corrected chi connectivity index (χ4v) is 1.41. The molecule has 0 aliphatic carbocycles. The van der Waals surface area contributed by atoms with E-state index in [1.54, 1.807) is 0 Å². The Hall–Kier alpha value is -2.20. The third-order valence-corrected chi connectivity index (χ3v) is 2.20. The number of aliphatic carboxylic acids is 1. The van der Waals surface area contributed by atoms with Crippen LogP contribution in [-0.4, -0.2) is 11.1 Å². The summed E-state index contributed by atoms with van der Waals surface area (Å²) < 4.78 is 114. The molecule has 11 heteroatoms. The van der Waals surface area contributed by atoms with Gasteiger partial charge in [0.25, 0.3) is 6.08 Å². The second kappa shape index (κ2) is 5.30. The van der Waals surface area contributed by atoms with E-state index in [1.165, 1.54) is 0 Å². The largest absolute Gasteiger partial charge is 0.477 e. The molecule has 0 aliphatic heterocycles. The molecule has 0 fully saturated rings. The number of rotatable bonds is 2. The van der Waals surface area contributed by atoms with Crippen molar-refractivity contribution in [2.24, 2.45) is 0 Å². The number of halogens is 9. The van der Waals surface area contributed by atoms with Crippen LogP contribution in [0.1, 0.15) is 11.1 Å². The van der Waals surface area contributed by atoms with Crippen molar-refractivity contribution in [3.05, 3.63) is 40.5 Å². The highest BCUT2D eigenvalue weighted by Gasteiger charge is 2.44. The molecule has 1 rings (SSSR count). The molecule has 0 spiro atoms. The van der Waals surface area contributed by atoms with Gasteiger partial charge in [-0.3, -0.25) is 0 Å². The number of carboxylic acids is 1. The lowest BCUT2D eigenvalue weighted by Gasteiger charge is -2.15. The van der Waals surface area contributed by atoms with Crippen molar-refractivity contribution in [2.75, 3.05) is 0 Å². The van der Waals surface area contributed by atoms with Crippen LogP contribution in [0.15, 0.2) is 6.08 Å². The summed E-state index contributed by atoms with van der Waals surface area (Å²) in [5, 5.41) is 8.35. The molecule has 2 nitrogen and oxygen atoms in total. The molecule has 0 bridgehead atoms. The topological polar surface area (TPSA) is 37.3 Å². The van der Waals surface area contributed by atoms with Gasteiger partial charge in [-0.2, -0.15) is 22.0 Å². The Morgan fingerprint density at radius 2 is 1.29 bits per heavy atom. The third kappa shape index (κ3) is 2.81. The third-order valence-electron chi connectivity index (χ3n) is 2.20. The first-order valence-corrected chi connectivity index (χ1v) is 4.63. The number of hydrogen-bond acceptors (Lipinski definition) is 1. The van der Waals surface area contributed by atoms with Crippen LogP contribution in [0.25, 0.3) is 5.57 Å². The van der Waals surface area contributed by atoms with Crippen LogP contribution in [0.3, 0.4) is 0 Å². The summed E-state index contributed by atoms with van der Waals surface area (Å²) in [5.74, 6) is -14.5. The van der Waals surface area contributed by atoms with Gasteiger partial charge >= 0.3 is 12.1 Å². The van der Waals surface area contributed by atoms with Gasteiger partial charge in [-0.25, -0.2) is 22.4 Å². The Morgan fingerprint density at radius 1 is 0.857 bits per heavy atom. The van der Waals surface area contributed by atoms with E-state index in [0.29, 0.717) is 0 Å². The second-order valence-corrected chi connectivity index (χ2v) is 3.44. The molecule has 0 heterocycles. The average molecular weight is 324 g/mol. The van der Waals surface area contributed by atoms with E-state index in [2.05, 4.69) is 0 Å². The minimum Gasteiger partial charge on any atom is -0.477 e. The molecule has 1 aromatic rings. The van der Waals surface area contributed by atoms with Gasteiger partial charge in [0.1, 0.15) is 11.1 Å². The highest BCUT2D eigenvalue weighted by atomic mass is 19.4. The highest BCUT2D eigenvalue weighted by molar-refractivity contribution is 6.16. The van der Waals surface area contributed by atoms with Gasteiger partial charge < -0.3 is 5.11 Å². The van der Waals surface area contributed by atoms with Crippen molar-refractivity contribution < 1.29 is 49.4 Å². The molecule has 21 heavy (non-hydrogen) atoms. The molecule has 1 aromatic carbocycles. The Morgan fingerprint density at radius 3 is 1.62 bits per heavy atom. The van der Waals surface area contributed by atoms with E-state index < -0.39 is 58.2 Å². The number of carbonyl (C=O) groups is 1. The lowest BCUT2D eigenvalue weighted by atomic mass is 9.98. The highest BCUT2D eigenvalue weighted by Crippen LogP contribution is 2.41. The molecule has 0 unspecified atom stereocenters. The molecule has 0 saturated heterocycles. The Balaban J connectivity index is 4.07. The summed E-state index contributed by atoms with van der Waals surface area (Å²) in [4.78, 5) is 10.5. The first-order valence-electron chi connectivity index (χ1n) is 4.63. The van der Waals surface area contributed by atoms with Gasteiger partial charge in [0.05, 0.1) is 0 Å². The summed E-state index contributed by atoms with van der Waals surface area (Å²) in [6, 6.07) is 0. The van der Waals surface area contributed by atoms with E-state index in [0.717, 1.165) is 0 Å². The van der Waals surface area contributed by atoms with E-state index in [1.807, 2.05) is 0 Å². The molecule has 0 radical (unpaired) electrons. The van der Waals surface area contributed by atoms with Crippen molar-refractivity contribution in [2.45, 2.75) is 6.18 Å². The van der Waals surface area contributed by atoms with Gasteiger partial charge in [0.15, 0.2) is 23.3 Å². The molecular weight excluding hydrogens is 323 g/mol. The molecular formula is C10HF9O2. The van der Waals surface area contributed by atoms with Crippen molar-refractivity contribution in [3.63, 3.8) is 0 Å². The van der Waals surface area contributed by atoms with Crippen molar-refractivity contribution in [1.29, 1.82) is 0 Å². The van der Waals surface area contributed by atoms with Gasteiger partial charge in [-0.1, -0.05) is 0 Å². The molecule has 0 aromatic heterocycles. The standard InChI is InChI=1S/C10HF9O2/c11-4-1(2(8(15)16)9(20)21)3(10(17,18)19)5(12)7(14)6(4)13/h(H,20,21). The predicted octanol–water partition coefficient (Wildman–Crippen LogP) is 3.95. The fourth-order valence-electron chi connectivity index (χ4n) is 1.41. The number of benzene rings is 1. The number of carboxylic acid groups (broad SMARTS) is 1. The summed E-state index contributed by atoms with van der Waals surface area (Å²) in [7, 11) is 0. The molecule has 0 aliphatic rings. The van der Waals surface area contributed by atoms with Crippen LogP contribution >= 0.6 is 0 Å². The van der Waals surface area contributed by atoms with E-state index in [9.17, 15) is 44.3 Å². The molecule has 1 N–H and O–H groups in total. The van der Waals surface area contributed by atoms with Crippen molar-refractivity contribution >= 4 is 11.5 Å². The second-order valence-electron chi connectivity index (χ2n) is 3.44. The smallest absolute Gasteiger partial charge is 0.420 e. The lowest BCUT2D eigenvalue weighted by Crippen LogP contribution is -2.19. The van der Waals surface area contributed by atoms with Crippen LogP contribution < -0.4 is 0 Å². The fraction of sp³-hybridized carbons (Fsp3) is 0.100. The number of hydrogen-bond donors (Lipinski definition) is 1. The summed E-state index contributed by atoms with van der Waals surface area (Å²) in [6.07, 6.45) is -9.30. The van der Waals surface area contributed by atoms with Crippen LogP contribution in [0.4, 0.5) is 39.5 Å². The molecule has 0 amide bonds. The van der Waals surface area contributed by atoms with Gasteiger partial charge in [0, 0.05) is 5.56 Å². The monoisotopic (exact) mass is 324 g/mol. The van der Waals surface area contributed by atoms with Crippen molar-refractivity contribution in [3.8, 4) is 0 Å². The maximum absolute atomic E-state index is 13.3. The Bertz CT molecular complexity index is 641. The van der Waals surface area contributed by atoms with Crippen molar-refractivity contribution in [1.82, 2.24) is 0 Å². The van der Waals surface area contributed by atoms with E-state index in [-0.39, 0.29) is 0 Å². The van der Waals surface area contributed by atoms with E-state index >= 15 is 0 Å². The summed E-state index contributed by atoms with van der Waals surface area (Å²) in [5.41, 5.74) is -8.23. The Labute approximate surface area is 109 Å². The molecule has 0 saturated carbocycles. The first-order chi connectivity index (χ1) is 9.41. The Kier molecular flexibility index (Phi) is 4.25. The molecule has 116 valence electrons. The zero-order valence-corrected chi connectivity index (χ0v) is 9.26. The van der Waals surface area contributed by atoms with Crippen LogP contribution in [0.5, 0.6) is 0 Å². The van der Waals surface area contributed by atoms with Crippen LogP contribution in [0.2, 0.25) is 0 Å². The minimum atomic E-state index is -5.95. The average Bonchev–Trinajstić information content (AvgIpc) is 2.30. The van der Waals surface area contributed by atoms with Gasteiger partial charge in [-0.05, 0) is 0 Å². The number of alkyl halides is 3. The van der Waals surface area contributed by atoms with Crippen LogP contribution in [0, 0.1) is 23.3 Å². The maximum atomic E-state index is 13.3. The maximum Gasteiger partial charge on any atom is 0.420 e. The first kappa shape index (κ1) is 16.9. The van der Waals surface area contributed by atoms with Gasteiger partial charge in [-0.15, -0.1) is 0 Å². The zero-order chi connectivity index (χ0) is 16.7. The minimum absolute atomic E-state index is 2.62.